The summed E-state index contributed by atoms with van der Waals surface area (Å²) in [6, 6.07) is 7.18. The fourth-order valence-electron chi connectivity index (χ4n) is 3.80. The maximum Gasteiger partial charge on any atom is 0.229 e. The molecule has 30 heavy (non-hydrogen) atoms. The van der Waals surface area contributed by atoms with Crippen molar-refractivity contribution in [3.8, 4) is 11.5 Å². The van der Waals surface area contributed by atoms with Gasteiger partial charge in [-0.1, -0.05) is 12.1 Å². The zero-order valence-electron chi connectivity index (χ0n) is 15.8. The second kappa shape index (κ2) is 7.46. The molecular formula is C21H20O9. The molecule has 9 nitrogen and oxygen atoms in total. The van der Waals surface area contributed by atoms with Crippen LogP contribution in [0.3, 0.4) is 0 Å². The van der Waals surface area contributed by atoms with E-state index in [0.29, 0.717) is 5.56 Å². The molecule has 1 unspecified atom stereocenters. The molecule has 1 aliphatic carbocycles. The molecule has 0 spiro atoms. The Morgan fingerprint density at radius 2 is 1.70 bits per heavy atom. The van der Waals surface area contributed by atoms with Crippen LogP contribution in [0.2, 0.25) is 0 Å². The zero-order chi connectivity index (χ0) is 21.7. The van der Waals surface area contributed by atoms with Crippen molar-refractivity contribution in [1.29, 1.82) is 0 Å². The van der Waals surface area contributed by atoms with Gasteiger partial charge in [-0.2, -0.15) is 0 Å². The number of benzene rings is 2. The molecular weight excluding hydrogens is 396 g/mol. The second-order valence-corrected chi connectivity index (χ2v) is 7.36. The third kappa shape index (κ3) is 3.08. The summed E-state index contributed by atoms with van der Waals surface area (Å²) in [4.78, 5) is 26.1. The summed E-state index contributed by atoms with van der Waals surface area (Å²) in [6.07, 6.45) is -7.63. The van der Waals surface area contributed by atoms with E-state index in [1.165, 1.54) is 30.3 Å². The first-order chi connectivity index (χ1) is 14.2. The highest BCUT2D eigenvalue weighted by Gasteiger charge is 2.45. The van der Waals surface area contributed by atoms with Crippen molar-refractivity contribution >= 4 is 11.6 Å². The van der Waals surface area contributed by atoms with Crippen molar-refractivity contribution in [2.45, 2.75) is 37.6 Å². The minimum Gasteiger partial charge on any atom is -0.507 e. The Morgan fingerprint density at radius 1 is 0.967 bits per heavy atom. The van der Waals surface area contributed by atoms with Gasteiger partial charge < -0.3 is 35.0 Å². The van der Waals surface area contributed by atoms with E-state index in [-0.39, 0.29) is 33.8 Å². The Kier molecular flexibility index (Phi) is 5.08. The lowest BCUT2D eigenvalue weighted by Crippen LogP contribution is -2.60. The summed E-state index contributed by atoms with van der Waals surface area (Å²) in [5.74, 6) is -1.56. The maximum absolute atomic E-state index is 13.1. The van der Waals surface area contributed by atoms with Crippen molar-refractivity contribution in [3.05, 3.63) is 58.1 Å². The fraction of sp³-hybridized carbons (Fsp3) is 0.333. The van der Waals surface area contributed by atoms with Crippen molar-refractivity contribution in [1.82, 2.24) is 0 Å². The van der Waals surface area contributed by atoms with Crippen molar-refractivity contribution in [2.75, 3.05) is 6.61 Å². The zero-order valence-corrected chi connectivity index (χ0v) is 15.8. The molecule has 5 N–H and O–H groups in total. The van der Waals surface area contributed by atoms with Gasteiger partial charge in [0.15, 0.2) is 5.78 Å². The van der Waals surface area contributed by atoms with Crippen molar-refractivity contribution in [2.24, 2.45) is 0 Å². The van der Waals surface area contributed by atoms with E-state index in [9.17, 15) is 35.1 Å². The molecule has 4 rings (SSSR count). The molecule has 1 fully saturated rings. The van der Waals surface area contributed by atoms with E-state index in [4.69, 9.17) is 9.47 Å². The standard InChI is InChI=1S/C21H20O9/c1-8-5-10-14(11(23)6-8)18(26)15-9(16(10)24)3-2-4-12(15)29-21-20(28)19(27)17(25)13(7-22)30-21/h2-6,13,17,19-23,25,27-28H,7H2,1H3/t13-,17-,19+,20-,21?/m1/s1. The van der Waals surface area contributed by atoms with Crippen LogP contribution in [-0.4, -0.2) is 74.4 Å². The number of ketones is 2. The quantitative estimate of drug-likeness (QED) is 0.386. The third-order valence-electron chi connectivity index (χ3n) is 5.32. The highest BCUT2D eigenvalue weighted by atomic mass is 16.7. The molecule has 1 saturated heterocycles. The highest BCUT2D eigenvalue weighted by Crippen LogP contribution is 2.38. The number of aliphatic hydroxyl groups is 4. The van der Waals surface area contributed by atoms with E-state index in [1.807, 2.05) is 0 Å². The van der Waals surface area contributed by atoms with Gasteiger partial charge in [0.05, 0.1) is 17.7 Å². The molecule has 158 valence electrons. The first kappa shape index (κ1) is 20.5. The molecule has 2 aliphatic rings. The Labute approximate surface area is 170 Å². The summed E-state index contributed by atoms with van der Waals surface area (Å²) < 4.78 is 10.9. The lowest BCUT2D eigenvalue weighted by molar-refractivity contribution is -0.277. The van der Waals surface area contributed by atoms with Crippen LogP contribution in [0.4, 0.5) is 0 Å². The number of hydrogen-bond donors (Lipinski definition) is 5. The fourth-order valence-corrected chi connectivity index (χ4v) is 3.80. The van der Waals surface area contributed by atoms with Crippen LogP contribution >= 0.6 is 0 Å². The number of aromatic hydroxyl groups is 1. The molecule has 9 heteroatoms. The average molecular weight is 416 g/mol. The van der Waals surface area contributed by atoms with Gasteiger partial charge in [-0.3, -0.25) is 9.59 Å². The molecule has 2 aromatic carbocycles. The number of hydrogen-bond acceptors (Lipinski definition) is 9. The molecule has 0 aromatic heterocycles. The number of fused-ring (bicyclic) bond motifs is 2. The van der Waals surface area contributed by atoms with Gasteiger partial charge in [0.2, 0.25) is 12.1 Å². The Bertz CT molecular complexity index is 1030. The largest absolute Gasteiger partial charge is 0.507 e. The maximum atomic E-state index is 13.1. The van der Waals surface area contributed by atoms with Crippen LogP contribution in [0.1, 0.15) is 37.4 Å². The smallest absolute Gasteiger partial charge is 0.229 e. The van der Waals surface area contributed by atoms with Crippen LogP contribution in [0.25, 0.3) is 0 Å². The van der Waals surface area contributed by atoms with E-state index >= 15 is 0 Å². The third-order valence-corrected chi connectivity index (χ3v) is 5.32. The molecule has 1 aliphatic heterocycles. The summed E-state index contributed by atoms with van der Waals surface area (Å²) in [6.45, 7) is 1.04. The first-order valence-corrected chi connectivity index (χ1v) is 9.27. The van der Waals surface area contributed by atoms with E-state index in [0.717, 1.165) is 0 Å². The Hall–Kier alpha value is -2.82. The molecule has 0 amide bonds. The summed E-state index contributed by atoms with van der Waals surface area (Å²) in [5.41, 5.74) is 0.480. The van der Waals surface area contributed by atoms with Gasteiger partial charge in [-0.05, 0) is 30.7 Å². The number of carbonyl (C=O) groups is 2. The molecule has 0 radical (unpaired) electrons. The number of phenols is 1. The van der Waals surface area contributed by atoms with E-state index < -0.39 is 48.9 Å². The van der Waals surface area contributed by atoms with Crippen LogP contribution in [0.5, 0.6) is 11.5 Å². The summed E-state index contributed by atoms with van der Waals surface area (Å²) >= 11 is 0. The lowest BCUT2D eigenvalue weighted by Gasteiger charge is -2.39. The van der Waals surface area contributed by atoms with Crippen LogP contribution < -0.4 is 4.74 Å². The minimum atomic E-state index is -1.68. The lowest BCUT2D eigenvalue weighted by atomic mass is 9.82. The first-order valence-electron chi connectivity index (χ1n) is 9.27. The van der Waals surface area contributed by atoms with Crippen LogP contribution in [-0.2, 0) is 4.74 Å². The molecule has 1 heterocycles. The van der Waals surface area contributed by atoms with Gasteiger partial charge in [-0.15, -0.1) is 0 Å². The van der Waals surface area contributed by atoms with Gasteiger partial charge >= 0.3 is 0 Å². The Balaban J connectivity index is 1.75. The van der Waals surface area contributed by atoms with Crippen LogP contribution in [0.15, 0.2) is 30.3 Å². The molecule has 2 aromatic rings. The monoisotopic (exact) mass is 416 g/mol. The van der Waals surface area contributed by atoms with Gasteiger partial charge in [0.1, 0.15) is 35.9 Å². The average Bonchev–Trinajstić information content (AvgIpc) is 2.71. The number of rotatable bonds is 3. The summed E-state index contributed by atoms with van der Waals surface area (Å²) in [7, 11) is 0. The highest BCUT2D eigenvalue weighted by molar-refractivity contribution is 6.30. The number of aryl methyl sites for hydroxylation is 1. The topological polar surface area (TPSA) is 154 Å². The Morgan fingerprint density at radius 3 is 2.40 bits per heavy atom. The second-order valence-electron chi connectivity index (χ2n) is 7.36. The molecule has 5 atom stereocenters. The number of phenolic OH excluding ortho intramolecular Hbond substituents is 1. The summed E-state index contributed by atoms with van der Waals surface area (Å²) in [5, 5.41) is 49.6. The van der Waals surface area contributed by atoms with E-state index in [1.54, 1.807) is 6.92 Å². The van der Waals surface area contributed by atoms with Crippen LogP contribution in [0, 0.1) is 6.92 Å². The number of carbonyl (C=O) groups excluding carboxylic acids is 2. The number of ether oxygens (including phenoxy) is 2. The van der Waals surface area contributed by atoms with Gasteiger partial charge in [0.25, 0.3) is 0 Å². The SMILES string of the molecule is Cc1cc(O)c2c(c1)C(=O)c1cccc(OC3O[C@H](CO)[C@@H](O)[C@H](O)[C@H]3O)c1C2=O. The van der Waals surface area contributed by atoms with Crippen molar-refractivity contribution in [3.63, 3.8) is 0 Å². The number of aliphatic hydroxyl groups excluding tert-OH is 4. The predicted molar refractivity (Wildman–Crippen MR) is 101 cm³/mol. The molecule has 0 saturated carbocycles. The molecule has 0 bridgehead atoms. The van der Waals surface area contributed by atoms with Gasteiger partial charge in [0, 0.05) is 11.1 Å². The normalized spacial score (nSPS) is 28.1. The van der Waals surface area contributed by atoms with Crippen molar-refractivity contribution < 1.29 is 44.6 Å². The van der Waals surface area contributed by atoms with Gasteiger partial charge in [-0.25, -0.2) is 0 Å². The predicted octanol–water partition coefficient (Wildman–Crippen LogP) is -0.345. The van der Waals surface area contributed by atoms with E-state index in [2.05, 4.69) is 0 Å². The minimum absolute atomic E-state index is 0.0552.